The Kier molecular flexibility index (Phi) is 6.57. The van der Waals surface area contributed by atoms with E-state index in [2.05, 4.69) is 16.6 Å². The van der Waals surface area contributed by atoms with E-state index < -0.39 is 15.9 Å². The van der Waals surface area contributed by atoms with E-state index in [1.54, 1.807) is 37.3 Å². The van der Waals surface area contributed by atoms with Crippen LogP contribution in [0.25, 0.3) is 10.4 Å². The molecule has 6 nitrogen and oxygen atoms in total. The van der Waals surface area contributed by atoms with Gasteiger partial charge in [0.15, 0.2) is 0 Å². The van der Waals surface area contributed by atoms with Gasteiger partial charge in [-0.15, -0.1) is 11.3 Å². The molecule has 3 rings (SSSR count). The molecule has 0 bridgehead atoms. The van der Waals surface area contributed by atoms with Crippen molar-refractivity contribution in [2.24, 2.45) is 0 Å². The van der Waals surface area contributed by atoms with Crippen molar-refractivity contribution in [1.29, 1.82) is 0 Å². The molecular weight excluding hydrogens is 422 g/mol. The van der Waals surface area contributed by atoms with Gasteiger partial charge in [0, 0.05) is 16.0 Å². The molecule has 3 aromatic rings. The molecule has 2 N–H and O–H groups in total. The highest BCUT2D eigenvalue weighted by Crippen LogP contribution is 2.37. The highest BCUT2D eigenvalue weighted by atomic mass is 32.2. The Morgan fingerprint density at radius 2 is 1.90 bits per heavy atom. The largest absolute Gasteiger partial charge is 0.496 e. The number of aryl methyl sites for hydroxylation is 1. The fraction of sp³-hybridized carbons (Fsp3) is 0.136. The SMILES string of the molecule is COc1cc(C)c(C(=O)NS(=O)(=O)c2ccccc2)cc1-c1ccc(C#CCO)s1. The number of ether oxygens (including phenoxy) is 1. The lowest BCUT2D eigenvalue weighted by Crippen LogP contribution is -2.31. The number of rotatable bonds is 5. The van der Waals surface area contributed by atoms with Crippen LogP contribution < -0.4 is 9.46 Å². The smallest absolute Gasteiger partial charge is 0.265 e. The number of hydrogen-bond donors (Lipinski definition) is 2. The fourth-order valence-electron chi connectivity index (χ4n) is 2.80. The topological polar surface area (TPSA) is 92.7 Å². The van der Waals surface area contributed by atoms with E-state index in [0.29, 0.717) is 16.9 Å². The van der Waals surface area contributed by atoms with Gasteiger partial charge in [-0.3, -0.25) is 4.79 Å². The molecule has 0 saturated carbocycles. The van der Waals surface area contributed by atoms with Crippen molar-refractivity contribution in [2.45, 2.75) is 11.8 Å². The Hall–Kier alpha value is -3.12. The summed E-state index contributed by atoms with van der Waals surface area (Å²) in [7, 11) is -2.47. The van der Waals surface area contributed by atoms with E-state index in [1.165, 1.54) is 30.6 Å². The molecular formula is C22H19NO5S2. The second kappa shape index (κ2) is 9.13. The Labute approximate surface area is 179 Å². The predicted octanol–water partition coefficient (Wildman–Crippen LogP) is 3.19. The van der Waals surface area contributed by atoms with Crippen LogP contribution in [0.2, 0.25) is 0 Å². The van der Waals surface area contributed by atoms with Crippen LogP contribution in [0.15, 0.2) is 59.5 Å². The normalized spacial score (nSPS) is 10.8. The number of benzene rings is 2. The maximum absolute atomic E-state index is 12.8. The van der Waals surface area contributed by atoms with E-state index in [1.807, 2.05) is 12.1 Å². The first-order chi connectivity index (χ1) is 14.4. The molecule has 1 amide bonds. The van der Waals surface area contributed by atoms with Crippen molar-refractivity contribution in [3.8, 4) is 28.0 Å². The Bertz CT molecular complexity index is 1240. The van der Waals surface area contributed by atoms with Crippen molar-refractivity contribution < 1.29 is 23.1 Å². The minimum Gasteiger partial charge on any atom is -0.496 e. The molecule has 0 aliphatic carbocycles. The molecule has 154 valence electrons. The first-order valence-electron chi connectivity index (χ1n) is 8.86. The van der Waals surface area contributed by atoms with E-state index in [4.69, 9.17) is 9.84 Å². The number of carbonyl (C=O) groups is 1. The van der Waals surface area contributed by atoms with Gasteiger partial charge in [-0.25, -0.2) is 13.1 Å². The maximum Gasteiger partial charge on any atom is 0.265 e. The van der Waals surface area contributed by atoms with E-state index >= 15 is 0 Å². The molecule has 8 heteroatoms. The maximum atomic E-state index is 12.8. The molecule has 0 radical (unpaired) electrons. The van der Waals surface area contributed by atoms with Gasteiger partial charge in [0.05, 0.1) is 16.9 Å². The highest BCUT2D eigenvalue weighted by Gasteiger charge is 2.22. The quantitative estimate of drug-likeness (QED) is 0.593. The lowest BCUT2D eigenvalue weighted by atomic mass is 10.0. The molecule has 0 aliphatic heterocycles. The van der Waals surface area contributed by atoms with Crippen molar-refractivity contribution in [3.05, 3.63) is 70.6 Å². The predicted molar refractivity (Wildman–Crippen MR) is 116 cm³/mol. The average molecular weight is 442 g/mol. The lowest BCUT2D eigenvalue weighted by Gasteiger charge is -2.13. The van der Waals surface area contributed by atoms with Crippen molar-refractivity contribution >= 4 is 27.3 Å². The third kappa shape index (κ3) is 4.71. The molecule has 30 heavy (non-hydrogen) atoms. The minimum absolute atomic E-state index is 0.00935. The van der Waals surface area contributed by atoms with Crippen LogP contribution in [-0.2, 0) is 10.0 Å². The number of methoxy groups -OCH3 is 1. The fourth-order valence-corrected chi connectivity index (χ4v) is 4.69. The monoisotopic (exact) mass is 441 g/mol. The van der Waals surface area contributed by atoms with Crippen molar-refractivity contribution in [2.75, 3.05) is 13.7 Å². The Morgan fingerprint density at radius 1 is 1.17 bits per heavy atom. The zero-order chi connectivity index (χ0) is 21.7. The molecule has 0 aliphatic rings. The standard InChI is InChI=1S/C22H19NO5S2/c1-15-13-20(28-2)19(21-11-10-16(29-21)7-6-12-24)14-18(15)22(25)23-30(26,27)17-8-4-3-5-9-17/h3-5,8-11,13-14,24H,12H2,1-2H3,(H,23,25). The average Bonchev–Trinajstić information content (AvgIpc) is 3.21. The Balaban J connectivity index is 1.98. The van der Waals surface area contributed by atoms with Crippen LogP contribution in [0, 0.1) is 18.8 Å². The summed E-state index contributed by atoms with van der Waals surface area (Å²) in [5.41, 5.74) is 1.45. The third-order valence-electron chi connectivity index (χ3n) is 4.23. The molecule has 1 heterocycles. The van der Waals surface area contributed by atoms with Gasteiger partial charge in [-0.1, -0.05) is 30.0 Å². The number of carbonyl (C=O) groups excluding carboxylic acids is 1. The van der Waals surface area contributed by atoms with Crippen LogP contribution in [0.3, 0.4) is 0 Å². The van der Waals surface area contributed by atoms with Gasteiger partial charge in [-0.2, -0.15) is 0 Å². The van der Waals surface area contributed by atoms with Crippen LogP contribution in [-0.4, -0.2) is 33.1 Å². The molecule has 0 fully saturated rings. The summed E-state index contributed by atoms with van der Waals surface area (Å²) < 4.78 is 32.6. The zero-order valence-electron chi connectivity index (χ0n) is 16.3. The van der Waals surface area contributed by atoms with E-state index in [0.717, 1.165) is 9.75 Å². The van der Waals surface area contributed by atoms with Crippen LogP contribution in [0.5, 0.6) is 5.75 Å². The number of amides is 1. The summed E-state index contributed by atoms with van der Waals surface area (Å²) in [6, 6.07) is 14.7. The van der Waals surface area contributed by atoms with Gasteiger partial charge < -0.3 is 9.84 Å². The van der Waals surface area contributed by atoms with E-state index in [9.17, 15) is 13.2 Å². The van der Waals surface area contributed by atoms with Crippen LogP contribution >= 0.6 is 11.3 Å². The van der Waals surface area contributed by atoms with E-state index in [-0.39, 0.29) is 17.1 Å². The minimum atomic E-state index is -3.99. The number of sulfonamides is 1. The number of thiophene rings is 1. The summed E-state index contributed by atoms with van der Waals surface area (Å²) in [5, 5.41) is 8.85. The van der Waals surface area contributed by atoms with Crippen molar-refractivity contribution in [3.63, 3.8) is 0 Å². The summed E-state index contributed by atoms with van der Waals surface area (Å²) in [6.07, 6.45) is 0. The second-order valence-corrected chi connectivity index (χ2v) is 9.01. The summed E-state index contributed by atoms with van der Waals surface area (Å²) in [5.74, 6) is 5.26. The highest BCUT2D eigenvalue weighted by molar-refractivity contribution is 7.90. The lowest BCUT2D eigenvalue weighted by molar-refractivity contribution is 0.0981. The number of aliphatic hydroxyl groups is 1. The molecule has 0 unspecified atom stereocenters. The van der Waals surface area contributed by atoms with Crippen LogP contribution in [0.4, 0.5) is 0 Å². The molecule has 0 spiro atoms. The van der Waals surface area contributed by atoms with Gasteiger partial charge in [0.1, 0.15) is 12.4 Å². The van der Waals surface area contributed by atoms with Crippen LogP contribution in [0.1, 0.15) is 20.8 Å². The summed E-state index contributed by atoms with van der Waals surface area (Å²) >= 11 is 1.38. The second-order valence-electron chi connectivity index (χ2n) is 6.24. The number of hydrogen-bond acceptors (Lipinski definition) is 6. The third-order valence-corrected chi connectivity index (χ3v) is 6.61. The van der Waals surface area contributed by atoms with Gasteiger partial charge in [0.25, 0.3) is 15.9 Å². The molecule has 1 aromatic heterocycles. The first-order valence-corrected chi connectivity index (χ1v) is 11.2. The molecule has 0 atom stereocenters. The first kappa shape index (κ1) is 21.6. The summed E-state index contributed by atoms with van der Waals surface area (Å²) in [6.45, 7) is 1.48. The molecule has 0 saturated heterocycles. The number of nitrogens with one attached hydrogen (secondary N) is 1. The number of aliphatic hydroxyl groups excluding tert-OH is 1. The zero-order valence-corrected chi connectivity index (χ0v) is 17.9. The Morgan fingerprint density at radius 3 is 2.57 bits per heavy atom. The van der Waals surface area contributed by atoms with Crippen molar-refractivity contribution in [1.82, 2.24) is 4.72 Å². The van der Waals surface area contributed by atoms with Gasteiger partial charge >= 0.3 is 0 Å². The summed E-state index contributed by atoms with van der Waals surface area (Å²) in [4.78, 5) is 14.4. The molecule has 2 aromatic carbocycles. The van der Waals surface area contributed by atoms with Gasteiger partial charge in [-0.05, 0) is 48.9 Å². The van der Waals surface area contributed by atoms with Gasteiger partial charge in [0.2, 0.25) is 0 Å².